The normalized spacial score (nSPS) is 11.1. The highest BCUT2D eigenvalue weighted by Crippen LogP contribution is 2.40. The Morgan fingerprint density at radius 3 is 1.82 bits per heavy atom. The number of H-pyrrole nitrogens is 1. The van der Waals surface area contributed by atoms with Gasteiger partial charge in [0.15, 0.2) is 0 Å². The minimum Gasteiger partial charge on any atom is -0.277 e. The van der Waals surface area contributed by atoms with E-state index in [1.54, 1.807) is 0 Å². The molecule has 0 radical (unpaired) electrons. The summed E-state index contributed by atoms with van der Waals surface area (Å²) in [6.45, 7) is 2.19. The second-order valence-corrected chi connectivity index (χ2v) is 10.3. The molecular weight excluding hydrogens is 419 g/mol. The predicted octanol–water partition coefficient (Wildman–Crippen LogP) is 6.94. The Kier molecular flexibility index (Phi) is 6.46. The first-order valence-electron chi connectivity index (χ1n) is 11.4. The van der Waals surface area contributed by atoms with Gasteiger partial charge in [-0.3, -0.25) is 5.10 Å². The molecule has 0 atom stereocenters. The quantitative estimate of drug-likeness (QED) is 0.270. The molecule has 33 heavy (non-hydrogen) atoms. The lowest BCUT2D eigenvalue weighted by atomic mass is 10.0. The molecule has 0 saturated heterocycles. The van der Waals surface area contributed by atoms with Crippen molar-refractivity contribution in [2.24, 2.45) is 0 Å². The molecule has 2 nitrogen and oxygen atoms in total. The summed E-state index contributed by atoms with van der Waals surface area (Å²) >= 11 is 0. The predicted molar refractivity (Wildman–Crippen MR) is 142 cm³/mol. The lowest BCUT2D eigenvalue weighted by Gasteiger charge is -2.20. The fourth-order valence-electron chi connectivity index (χ4n) is 4.31. The smallest absolute Gasteiger partial charge is 0.0929 e. The van der Waals surface area contributed by atoms with E-state index in [4.69, 9.17) is 0 Å². The summed E-state index contributed by atoms with van der Waals surface area (Å²) in [5, 5.41) is 10.8. The minimum absolute atomic E-state index is 0.513. The molecule has 3 heteroatoms. The molecule has 0 aliphatic carbocycles. The van der Waals surface area contributed by atoms with Crippen LogP contribution in [-0.4, -0.2) is 10.2 Å². The Hall–Kier alpha value is -3.48. The first kappa shape index (κ1) is 21.4. The number of nitrogens with one attached hydrogen (secondary N) is 1. The lowest BCUT2D eigenvalue weighted by Crippen LogP contribution is -2.13. The summed E-state index contributed by atoms with van der Waals surface area (Å²) in [6, 6.07) is 41.3. The van der Waals surface area contributed by atoms with Gasteiger partial charge in [-0.15, -0.1) is 0 Å². The highest BCUT2D eigenvalue weighted by molar-refractivity contribution is 7.72. The highest BCUT2D eigenvalue weighted by Gasteiger charge is 2.18. The van der Waals surface area contributed by atoms with E-state index in [2.05, 4.69) is 132 Å². The van der Waals surface area contributed by atoms with Gasteiger partial charge in [0, 0.05) is 17.3 Å². The Bertz CT molecular complexity index is 1290. The van der Waals surface area contributed by atoms with Gasteiger partial charge in [0.1, 0.15) is 0 Å². The van der Waals surface area contributed by atoms with E-state index in [1.807, 2.05) is 0 Å². The average Bonchev–Trinajstić information content (AvgIpc) is 3.38. The van der Waals surface area contributed by atoms with Crippen LogP contribution in [0.5, 0.6) is 0 Å². The molecule has 1 N–H and O–H groups in total. The third-order valence-corrected chi connectivity index (χ3v) is 8.52. The van der Waals surface area contributed by atoms with Crippen molar-refractivity contribution in [2.45, 2.75) is 19.5 Å². The van der Waals surface area contributed by atoms with Crippen LogP contribution in [0.3, 0.4) is 0 Å². The topological polar surface area (TPSA) is 28.7 Å². The third-order valence-electron chi connectivity index (χ3n) is 6.02. The number of benzene rings is 4. The number of aryl methyl sites for hydroxylation is 1. The van der Waals surface area contributed by atoms with Crippen molar-refractivity contribution in [3.05, 3.63) is 126 Å². The van der Waals surface area contributed by atoms with Crippen molar-refractivity contribution in [1.82, 2.24) is 10.2 Å². The SMILES string of the molecule is CCc1ccccc1-c1cc(-c2ccccc2CP(c2ccccc2)c2ccccc2)[nH]n1. The van der Waals surface area contributed by atoms with Gasteiger partial charge in [-0.1, -0.05) is 116 Å². The first-order chi connectivity index (χ1) is 16.3. The van der Waals surface area contributed by atoms with E-state index in [0.29, 0.717) is 0 Å². The van der Waals surface area contributed by atoms with E-state index in [1.165, 1.54) is 32.9 Å². The average molecular weight is 447 g/mol. The van der Waals surface area contributed by atoms with Crippen LogP contribution < -0.4 is 10.6 Å². The third kappa shape index (κ3) is 4.67. The van der Waals surface area contributed by atoms with Crippen LogP contribution in [0.4, 0.5) is 0 Å². The van der Waals surface area contributed by atoms with Crippen LogP contribution in [0.25, 0.3) is 22.5 Å². The minimum atomic E-state index is -0.513. The van der Waals surface area contributed by atoms with E-state index in [9.17, 15) is 0 Å². The molecule has 0 aliphatic heterocycles. The maximum Gasteiger partial charge on any atom is 0.0929 e. The van der Waals surface area contributed by atoms with Crippen LogP contribution in [0, 0.1) is 0 Å². The fraction of sp³-hybridized carbons (Fsp3) is 0.100. The van der Waals surface area contributed by atoms with Gasteiger partial charge in [0.05, 0.1) is 11.4 Å². The van der Waals surface area contributed by atoms with Gasteiger partial charge in [0.25, 0.3) is 0 Å². The molecule has 0 saturated carbocycles. The Labute approximate surface area is 197 Å². The first-order valence-corrected chi connectivity index (χ1v) is 13.0. The largest absolute Gasteiger partial charge is 0.277 e. The zero-order valence-electron chi connectivity index (χ0n) is 18.8. The van der Waals surface area contributed by atoms with Crippen LogP contribution in [-0.2, 0) is 12.6 Å². The number of hydrogen-bond donors (Lipinski definition) is 1. The zero-order chi connectivity index (χ0) is 22.5. The van der Waals surface area contributed by atoms with E-state index in [-0.39, 0.29) is 0 Å². The van der Waals surface area contributed by atoms with Gasteiger partial charge in [0.2, 0.25) is 0 Å². The zero-order valence-corrected chi connectivity index (χ0v) is 19.7. The van der Waals surface area contributed by atoms with Gasteiger partial charge >= 0.3 is 0 Å². The fourth-order valence-corrected chi connectivity index (χ4v) is 6.66. The van der Waals surface area contributed by atoms with Crippen LogP contribution >= 0.6 is 7.92 Å². The second-order valence-electron chi connectivity index (χ2n) is 8.09. The van der Waals surface area contributed by atoms with Crippen molar-refractivity contribution < 1.29 is 0 Å². The summed E-state index contributed by atoms with van der Waals surface area (Å²) < 4.78 is 0. The van der Waals surface area contributed by atoms with E-state index < -0.39 is 7.92 Å². The van der Waals surface area contributed by atoms with Gasteiger partial charge < -0.3 is 0 Å². The van der Waals surface area contributed by atoms with Crippen molar-refractivity contribution in [1.29, 1.82) is 0 Å². The van der Waals surface area contributed by atoms with Gasteiger partial charge in [-0.25, -0.2) is 0 Å². The number of aromatic nitrogens is 2. The molecule has 0 fully saturated rings. The van der Waals surface area contributed by atoms with Crippen LogP contribution in [0.2, 0.25) is 0 Å². The molecule has 0 spiro atoms. The van der Waals surface area contributed by atoms with Crippen molar-refractivity contribution in [2.75, 3.05) is 0 Å². The molecule has 5 aromatic rings. The number of rotatable bonds is 7. The second kappa shape index (κ2) is 9.98. The lowest BCUT2D eigenvalue weighted by molar-refractivity contribution is 1.08. The summed E-state index contributed by atoms with van der Waals surface area (Å²) in [5.74, 6) is 0. The summed E-state index contributed by atoms with van der Waals surface area (Å²) in [6.07, 6.45) is 1.98. The molecule has 162 valence electrons. The Morgan fingerprint density at radius 2 is 1.18 bits per heavy atom. The molecule has 0 bridgehead atoms. The van der Waals surface area contributed by atoms with Crippen molar-refractivity contribution in [3.63, 3.8) is 0 Å². The molecule has 5 rings (SSSR count). The molecule has 4 aromatic carbocycles. The number of nitrogens with zero attached hydrogens (tertiary/aromatic N) is 1. The van der Waals surface area contributed by atoms with E-state index >= 15 is 0 Å². The van der Waals surface area contributed by atoms with E-state index in [0.717, 1.165) is 24.0 Å². The molecule has 1 aromatic heterocycles. The maximum absolute atomic E-state index is 4.69. The molecule has 0 amide bonds. The van der Waals surface area contributed by atoms with Gasteiger partial charge in [-0.2, -0.15) is 5.10 Å². The van der Waals surface area contributed by atoms with Gasteiger partial charge in [-0.05, 0) is 42.1 Å². The summed E-state index contributed by atoms with van der Waals surface area (Å²) in [4.78, 5) is 0. The maximum atomic E-state index is 4.69. The standard InChI is InChI=1S/C30H27N2P/c1-2-23-13-9-11-19-27(23)29-21-30(32-31-29)28-20-12-10-14-24(28)22-33(25-15-5-3-6-16-25)26-17-7-4-8-18-26/h3-21H,2,22H2,1H3,(H,31,32). The van der Waals surface area contributed by atoms with Crippen LogP contribution in [0.15, 0.2) is 115 Å². The Morgan fingerprint density at radius 1 is 0.636 bits per heavy atom. The number of aromatic amines is 1. The summed E-state index contributed by atoms with van der Waals surface area (Å²) in [7, 11) is -0.513. The van der Waals surface area contributed by atoms with Crippen molar-refractivity contribution >= 4 is 18.5 Å². The molecule has 0 aliphatic rings. The highest BCUT2D eigenvalue weighted by atomic mass is 31.1. The van der Waals surface area contributed by atoms with Crippen LogP contribution in [0.1, 0.15) is 18.1 Å². The molecular formula is C30H27N2P. The molecule has 1 heterocycles. The number of hydrogen-bond acceptors (Lipinski definition) is 1. The monoisotopic (exact) mass is 446 g/mol. The Balaban J connectivity index is 1.52. The van der Waals surface area contributed by atoms with Crippen molar-refractivity contribution in [3.8, 4) is 22.5 Å². The summed E-state index contributed by atoms with van der Waals surface area (Å²) in [5.41, 5.74) is 7.17. The molecule has 0 unspecified atom stereocenters.